The number of hydrogen-bond acceptors (Lipinski definition) is 3. The third-order valence-corrected chi connectivity index (χ3v) is 2.41. The predicted octanol–water partition coefficient (Wildman–Crippen LogP) is 3.06. The Hall–Kier alpha value is -0.900. The maximum Gasteiger partial charge on any atom is 0.157 e. The van der Waals surface area contributed by atoms with Crippen LogP contribution in [0.25, 0.3) is 0 Å². The van der Waals surface area contributed by atoms with E-state index >= 15 is 0 Å². The molecule has 0 heterocycles. The monoisotopic (exact) mass is 253 g/mol. The quantitative estimate of drug-likeness (QED) is 0.790. The van der Waals surface area contributed by atoms with Gasteiger partial charge in [0.2, 0.25) is 0 Å². The maximum atomic E-state index is 4.99. The second-order valence-corrected chi connectivity index (χ2v) is 4.55. The van der Waals surface area contributed by atoms with Gasteiger partial charge in [0.1, 0.15) is 0 Å². The van der Waals surface area contributed by atoms with Gasteiger partial charge in [0, 0.05) is 27.2 Å². The molecule has 18 heavy (non-hydrogen) atoms. The van der Waals surface area contributed by atoms with Crippen molar-refractivity contribution in [2.45, 2.75) is 33.1 Å². The van der Waals surface area contributed by atoms with Gasteiger partial charge in [-0.2, -0.15) is 0 Å². The molecule has 0 aliphatic rings. The molecule has 0 aliphatic heterocycles. The summed E-state index contributed by atoms with van der Waals surface area (Å²) in [5.74, 6) is 0.634. The smallest absolute Gasteiger partial charge is 0.157 e. The highest BCUT2D eigenvalue weighted by Gasteiger charge is 2.06. The summed E-state index contributed by atoms with van der Waals surface area (Å²) in [5.41, 5.74) is 1.33. The molecule has 0 aliphatic carbocycles. The van der Waals surface area contributed by atoms with E-state index in [-0.39, 0.29) is 6.29 Å². The molecule has 1 aromatic rings. The molecule has 1 N–H and O–H groups in total. The first-order chi connectivity index (χ1) is 8.63. The number of hydrogen-bond donors (Lipinski definition) is 1. The lowest BCUT2D eigenvalue weighted by molar-refractivity contribution is -0.112. The molecular formula is C15H27NO2. The summed E-state index contributed by atoms with van der Waals surface area (Å²) < 4.78 is 9.98. The summed E-state index contributed by atoms with van der Waals surface area (Å²) in [4.78, 5) is 0. The summed E-state index contributed by atoms with van der Waals surface area (Å²) in [7, 11) is 5.28. The summed E-state index contributed by atoms with van der Waals surface area (Å²) in [6.07, 6.45) is 0.942. The predicted molar refractivity (Wildman–Crippen MR) is 76.5 cm³/mol. The van der Waals surface area contributed by atoms with Crippen LogP contribution in [0.5, 0.6) is 0 Å². The summed E-state index contributed by atoms with van der Waals surface area (Å²) in [5, 5.41) is 3.08. The topological polar surface area (TPSA) is 30.5 Å². The number of benzene rings is 1. The van der Waals surface area contributed by atoms with Gasteiger partial charge in [-0.15, -0.1) is 0 Å². The van der Waals surface area contributed by atoms with Gasteiger partial charge in [0.25, 0.3) is 0 Å². The van der Waals surface area contributed by atoms with Crippen LogP contribution in [0.3, 0.4) is 0 Å². The van der Waals surface area contributed by atoms with Crippen molar-refractivity contribution >= 4 is 0 Å². The van der Waals surface area contributed by atoms with E-state index in [1.165, 1.54) is 5.56 Å². The average molecular weight is 253 g/mol. The number of rotatable bonds is 6. The molecule has 1 rings (SSSR count). The second-order valence-electron chi connectivity index (χ2n) is 4.55. The zero-order valence-electron chi connectivity index (χ0n) is 12.3. The first kappa shape index (κ1) is 17.1. The van der Waals surface area contributed by atoms with Crippen molar-refractivity contribution in [1.29, 1.82) is 0 Å². The Morgan fingerprint density at radius 2 is 1.61 bits per heavy atom. The van der Waals surface area contributed by atoms with Crippen LogP contribution in [-0.2, 0) is 16.0 Å². The normalized spacial score (nSPS) is 10.4. The van der Waals surface area contributed by atoms with Gasteiger partial charge >= 0.3 is 0 Å². The minimum absolute atomic E-state index is 0.0231. The van der Waals surface area contributed by atoms with Crippen LogP contribution in [0.2, 0.25) is 0 Å². The highest BCUT2D eigenvalue weighted by molar-refractivity contribution is 5.13. The van der Waals surface area contributed by atoms with Crippen molar-refractivity contribution in [3.8, 4) is 0 Å². The Bertz CT molecular complexity index is 271. The summed E-state index contributed by atoms with van der Waals surface area (Å²) in [6.45, 7) is 5.25. The Labute approximate surface area is 111 Å². The molecule has 0 aromatic heterocycles. The Balaban J connectivity index is 0.000000321. The van der Waals surface area contributed by atoms with Crippen molar-refractivity contribution in [2.24, 2.45) is 5.92 Å². The van der Waals surface area contributed by atoms with Crippen molar-refractivity contribution in [3.05, 3.63) is 35.9 Å². The summed E-state index contributed by atoms with van der Waals surface area (Å²) in [6, 6.07) is 10.3. The van der Waals surface area contributed by atoms with Crippen molar-refractivity contribution < 1.29 is 9.47 Å². The molecule has 0 amide bonds. The molecule has 3 heteroatoms. The summed E-state index contributed by atoms with van der Waals surface area (Å²) >= 11 is 0. The Morgan fingerprint density at radius 1 is 1.06 bits per heavy atom. The number of nitrogens with one attached hydrogen (secondary N) is 1. The minimum atomic E-state index is -0.0231. The lowest BCUT2D eigenvalue weighted by Gasteiger charge is -2.14. The lowest BCUT2D eigenvalue weighted by Crippen LogP contribution is -2.15. The molecule has 0 saturated carbocycles. The minimum Gasteiger partial charge on any atom is -0.356 e. The van der Waals surface area contributed by atoms with Gasteiger partial charge in [-0.05, 0) is 18.5 Å². The second kappa shape index (κ2) is 11.2. The molecular weight excluding hydrogens is 226 g/mol. The van der Waals surface area contributed by atoms with Crippen LogP contribution < -0.4 is 5.32 Å². The molecule has 1 aromatic carbocycles. The van der Waals surface area contributed by atoms with Crippen molar-refractivity contribution in [2.75, 3.05) is 21.3 Å². The van der Waals surface area contributed by atoms with Gasteiger partial charge in [-0.25, -0.2) is 0 Å². The molecule has 0 saturated heterocycles. The number of methoxy groups -OCH3 is 2. The zero-order valence-corrected chi connectivity index (χ0v) is 12.3. The van der Waals surface area contributed by atoms with Crippen LogP contribution in [0.4, 0.5) is 0 Å². The van der Waals surface area contributed by atoms with Gasteiger partial charge in [-0.3, -0.25) is 0 Å². The molecule has 0 unspecified atom stereocenters. The fourth-order valence-corrected chi connectivity index (χ4v) is 1.47. The number of ether oxygens (including phenoxy) is 2. The van der Waals surface area contributed by atoms with E-state index in [1.54, 1.807) is 14.2 Å². The van der Waals surface area contributed by atoms with Crippen molar-refractivity contribution in [1.82, 2.24) is 5.32 Å². The SMILES string of the molecule is CNCc1ccccc1.COC(CC(C)C)OC. The largest absolute Gasteiger partial charge is 0.356 e. The van der Waals surface area contributed by atoms with Crippen LogP contribution in [0.1, 0.15) is 25.8 Å². The first-order valence-corrected chi connectivity index (χ1v) is 6.38. The van der Waals surface area contributed by atoms with Gasteiger partial charge < -0.3 is 14.8 Å². The van der Waals surface area contributed by atoms with E-state index in [1.807, 2.05) is 25.2 Å². The van der Waals surface area contributed by atoms with Crippen LogP contribution >= 0.6 is 0 Å². The van der Waals surface area contributed by atoms with Crippen LogP contribution in [0.15, 0.2) is 30.3 Å². The van der Waals surface area contributed by atoms with Crippen LogP contribution in [0, 0.1) is 5.92 Å². The van der Waals surface area contributed by atoms with E-state index in [4.69, 9.17) is 9.47 Å². The van der Waals surface area contributed by atoms with Crippen LogP contribution in [-0.4, -0.2) is 27.6 Å². The maximum absolute atomic E-state index is 4.99. The molecule has 3 nitrogen and oxygen atoms in total. The first-order valence-electron chi connectivity index (χ1n) is 6.38. The molecule has 104 valence electrons. The standard InChI is InChI=1S/C8H11N.C7H16O2/c1-9-7-8-5-3-2-4-6-8;1-6(2)5-7(8-3)9-4/h2-6,9H,7H2,1H3;6-7H,5H2,1-4H3. The van der Waals surface area contributed by atoms with Gasteiger partial charge in [0.05, 0.1) is 0 Å². The zero-order chi connectivity index (χ0) is 13.8. The van der Waals surface area contributed by atoms with Gasteiger partial charge in [0.15, 0.2) is 6.29 Å². The van der Waals surface area contributed by atoms with Crippen molar-refractivity contribution in [3.63, 3.8) is 0 Å². The Morgan fingerprint density at radius 3 is 1.94 bits per heavy atom. The fourth-order valence-electron chi connectivity index (χ4n) is 1.47. The molecule has 0 fully saturated rings. The highest BCUT2D eigenvalue weighted by Crippen LogP contribution is 2.06. The molecule has 0 atom stereocenters. The molecule has 0 radical (unpaired) electrons. The highest BCUT2D eigenvalue weighted by atomic mass is 16.7. The molecule has 0 bridgehead atoms. The lowest BCUT2D eigenvalue weighted by atomic mass is 10.1. The fraction of sp³-hybridized carbons (Fsp3) is 0.600. The molecule has 0 spiro atoms. The van der Waals surface area contributed by atoms with E-state index < -0.39 is 0 Å². The Kier molecular flexibility index (Phi) is 10.6. The third-order valence-electron chi connectivity index (χ3n) is 2.41. The van der Waals surface area contributed by atoms with E-state index in [2.05, 4.69) is 31.3 Å². The van der Waals surface area contributed by atoms with E-state index in [0.29, 0.717) is 5.92 Å². The van der Waals surface area contributed by atoms with E-state index in [0.717, 1.165) is 13.0 Å². The van der Waals surface area contributed by atoms with Gasteiger partial charge in [-0.1, -0.05) is 44.2 Å². The third kappa shape index (κ3) is 9.16. The average Bonchev–Trinajstić information content (AvgIpc) is 2.38. The van der Waals surface area contributed by atoms with E-state index in [9.17, 15) is 0 Å².